The first-order valence-electron chi connectivity index (χ1n) is 6.66. The maximum Gasteiger partial charge on any atom is 0.184 e. The van der Waals surface area contributed by atoms with Crippen LogP contribution in [0.2, 0.25) is 5.02 Å². The van der Waals surface area contributed by atoms with Gasteiger partial charge >= 0.3 is 0 Å². The molecule has 2 rings (SSSR count). The zero-order valence-electron chi connectivity index (χ0n) is 12.3. The second-order valence-electron chi connectivity index (χ2n) is 5.74. The van der Waals surface area contributed by atoms with Crippen molar-refractivity contribution in [3.8, 4) is 11.5 Å². The third kappa shape index (κ3) is 4.41. The minimum absolute atomic E-state index is 0.0259. The van der Waals surface area contributed by atoms with E-state index >= 15 is 0 Å². The van der Waals surface area contributed by atoms with Gasteiger partial charge in [-0.25, -0.2) is 4.39 Å². The summed E-state index contributed by atoms with van der Waals surface area (Å²) in [6.45, 7) is 6.83. The van der Waals surface area contributed by atoms with Crippen molar-refractivity contribution in [2.45, 2.75) is 32.9 Å². The van der Waals surface area contributed by atoms with E-state index in [0.29, 0.717) is 12.3 Å². The molecule has 2 aromatic rings. The van der Waals surface area contributed by atoms with Crippen LogP contribution in [0.1, 0.15) is 26.3 Å². The number of nitrogens with zero attached hydrogens (tertiary/aromatic N) is 1. The second kappa shape index (κ2) is 6.41. The molecular formula is C16H18ClFN2O. The zero-order chi connectivity index (χ0) is 15.5. The van der Waals surface area contributed by atoms with Gasteiger partial charge in [-0.15, -0.1) is 0 Å². The molecule has 0 spiro atoms. The lowest BCUT2D eigenvalue weighted by Gasteiger charge is -2.21. The van der Waals surface area contributed by atoms with Gasteiger partial charge in [-0.05, 0) is 39.0 Å². The number of hydrogen-bond acceptors (Lipinski definition) is 3. The van der Waals surface area contributed by atoms with Crippen molar-refractivity contribution in [3.63, 3.8) is 0 Å². The summed E-state index contributed by atoms with van der Waals surface area (Å²) in [5.74, 6) is 0.0284. The van der Waals surface area contributed by atoms with Gasteiger partial charge in [0.05, 0.1) is 11.2 Å². The molecule has 0 saturated heterocycles. The van der Waals surface area contributed by atoms with Crippen LogP contribution in [0, 0.1) is 5.82 Å². The summed E-state index contributed by atoms with van der Waals surface area (Å²) < 4.78 is 19.5. The molecule has 3 nitrogen and oxygen atoms in total. The van der Waals surface area contributed by atoms with Crippen LogP contribution >= 0.6 is 11.6 Å². The third-order valence-electron chi connectivity index (χ3n) is 2.82. The predicted molar refractivity (Wildman–Crippen MR) is 82.3 cm³/mol. The van der Waals surface area contributed by atoms with Crippen LogP contribution in [-0.4, -0.2) is 10.5 Å². The number of nitrogens with one attached hydrogen (secondary N) is 1. The number of halogens is 2. The van der Waals surface area contributed by atoms with Gasteiger partial charge in [-0.2, -0.15) is 0 Å². The molecule has 0 fully saturated rings. The summed E-state index contributed by atoms with van der Waals surface area (Å²) in [6, 6.07) is 6.50. The SMILES string of the molecule is CC(C)(C)NCc1ccncc1Oc1cccc(Cl)c1F. The van der Waals surface area contributed by atoms with Crippen molar-refractivity contribution in [3.05, 3.63) is 53.1 Å². The first-order chi connectivity index (χ1) is 9.87. The highest BCUT2D eigenvalue weighted by Crippen LogP contribution is 2.30. The Labute approximate surface area is 129 Å². The molecule has 1 aromatic heterocycles. The summed E-state index contributed by atoms with van der Waals surface area (Å²) in [7, 11) is 0. The van der Waals surface area contributed by atoms with Crippen LogP contribution in [-0.2, 0) is 6.54 Å². The lowest BCUT2D eigenvalue weighted by Crippen LogP contribution is -2.35. The smallest absolute Gasteiger partial charge is 0.184 e. The van der Waals surface area contributed by atoms with E-state index in [1.54, 1.807) is 18.5 Å². The van der Waals surface area contributed by atoms with Gasteiger partial charge in [0.25, 0.3) is 0 Å². The lowest BCUT2D eigenvalue weighted by molar-refractivity contribution is 0.406. The molecule has 0 bridgehead atoms. The van der Waals surface area contributed by atoms with Crippen molar-refractivity contribution in [1.29, 1.82) is 0 Å². The average molecular weight is 309 g/mol. The van der Waals surface area contributed by atoms with Crippen molar-refractivity contribution >= 4 is 11.6 Å². The molecule has 5 heteroatoms. The first kappa shape index (κ1) is 15.7. The second-order valence-corrected chi connectivity index (χ2v) is 6.15. The van der Waals surface area contributed by atoms with Gasteiger partial charge in [-0.3, -0.25) is 4.98 Å². The van der Waals surface area contributed by atoms with Crippen LogP contribution in [0.3, 0.4) is 0 Å². The Kier molecular flexibility index (Phi) is 4.80. The van der Waals surface area contributed by atoms with E-state index in [0.717, 1.165) is 5.56 Å². The van der Waals surface area contributed by atoms with Gasteiger partial charge < -0.3 is 10.1 Å². The fourth-order valence-corrected chi connectivity index (χ4v) is 1.85. The fraction of sp³-hybridized carbons (Fsp3) is 0.312. The highest BCUT2D eigenvalue weighted by molar-refractivity contribution is 6.30. The molecule has 21 heavy (non-hydrogen) atoms. The standard InChI is InChI=1S/C16H18ClFN2O/c1-16(2,3)20-9-11-7-8-19-10-14(11)21-13-6-4-5-12(17)15(13)18/h4-8,10,20H,9H2,1-3H3. The average Bonchev–Trinajstić information content (AvgIpc) is 2.42. The minimum atomic E-state index is -0.572. The van der Waals surface area contributed by atoms with E-state index in [2.05, 4.69) is 31.1 Å². The molecule has 0 aliphatic rings. The highest BCUT2D eigenvalue weighted by atomic mass is 35.5. The van der Waals surface area contributed by atoms with Crippen LogP contribution < -0.4 is 10.1 Å². The third-order valence-corrected chi connectivity index (χ3v) is 3.11. The fourth-order valence-electron chi connectivity index (χ4n) is 1.69. The number of ether oxygens (including phenoxy) is 1. The van der Waals surface area contributed by atoms with Crippen molar-refractivity contribution < 1.29 is 9.13 Å². The molecule has 1 aromatic carbocycles. The van der Waals surface area contributed by atoms with Gasteiger partial charge in [-0.1, -0.05) is 17.7 Å². The van der Waals surface area contributed by atoms with Crippen LogP contribution in [0.4, 0.5) is 4.39 Å². The Morgan fingerprint density at radius 2 is 2.00 bits per heavy atom. The maximum absolute atomic E-state index is 13.9. The molecule has 1 heterocycles. The molecule has 112 valence electrons. The minimum Gasteiger partial charge on any atom is -0.452 e. The Hall–Kier alpha value is -1.65. The molecular weight excluding hydrogens is 291 g/mol. The number of aromatic nitrogens is 1. The van der Waals surface area contributed by atoms with Gasteiger partial charge in [0.1, 0.15) is 5.75 Å². The Bertz CT molecular complexity index is 626. The molecule has 0 aliphatic heterocycles. The van der Waals surface area contributed by atoms with Crippen molar-refractivity contribution in [2.24, 2.45) is 0 Å². The highest BCUT2D eigenvalue weighted by Gasteiger charge is 2.13. The number of hydrogen-bond donors (Lipinski definition) is 1. The topological polar surface area (TPSA) is 34.2 Å². The number of benzene rings is 1. The summed E-state index contributed by atoms with van der Waals surface area (Å²) >= 11 is 5.76. The molecule has 0 saturated carbocycles. The van der Waals surface area contributed by atoms with Crippen molar-refractivity contribution in [1.82, 2.24) is 10.3 Å². The molecule has 0 atom stereocenters. The quantitative estimate of drug-likeness (QED) is 0.899. The monoisotopic (exact) mass is 308 g/mol. The van der Waals surface area contributed by atoms with E-state index in [9.17, 15) is 4.39 Å². The van der Waals surface area contributed by atoms with Gasteiger partial charge in [0, 0.05) is 23.8 Å². The van der Waals surface area contributed by atoms with Crippen LogP contribution in [0.25, 0.3) is 0 Å². The van der Waals surface area contributed by atoms with E-state index in [4.69, 9.17) is 16.3 Å². The summed E-state index contributed by atoms with van der Waals surface area (Å²) in [5, 5.41) is 3.40. The number of rotatable bonds is 4. The van der Waals surface area contributed by atoms with E-state index in [1.807, 2.05) is 6.07 Å². The lowest BCUT2D eigenvalue weighted by atomic mass is 10.1. The summed E-state index contributed by atoms with van der Waals surface area (Å²) in [6.07, 6.45) is 3.25. The Balaban J connectivity index is 2.22. The van der Waals surface area contributed by atoms with Crippen LogP contribution in [0.5, 0.6) is 11.5 Å². The molecule has 0 radical (unpaired) electrons. The van der Waals surface area contributed by atoms with Crippen molar-refractivity contribution in [2.75, 3.05) is 0 Å². The predicted octanol–water partition coefficient (Wildman–Crippen LogP) is 4.55. The largest absolute Gasteiger partial charge is 0.452 e. The summed E-state index contributed by atoms with van der Waals surface area (Å²) in [4.78, 5) is 4.03. The molecule has 1 N–H and O–H groups in total. The van der Waals surface area contributed by atoms with E-state index < -0.39 is 5.82 Å². The molecule has 0 amide bonds. The van der Waals surface area contributed by atoms with E-state index in [-0.39, 0.29) is 16.3 Å². The maximum atomic E-state index is 13.9. The normalized spacial score (nSPS) is 11.5. The van der Waals surface area contributed by atoms with Gasteiger partial charge in [0.2, 0.25) is 0 Å². The zero-order valence-corrected chi connectivity index (χ0v) is 13.0. The number of pyridine rings is 1. The first-order valence-corrected chi connectivity index (χ1v) is 7.04. The van der Waals surface area contributed by atoms with Gasteiger partial charge in [0.15, 0.2) is 11.6 Å². The Morgan fingerprint density at radius 1 is 1.24 bits per heavy atom. The summed E-state index contributed by atoms with van der Waals surface area (Å²) in [5.41, 5.74) is 0.876. The van der Waals surface area contributed by atoms with Crippen LogP contribution in [0.15, 0.2) is 36.7 Å². The Morgan fingerprint density at radius 3 is 2.71 bits per heavy atom. The molecule has 0 unspecified atom stereocenters. The van der Waals surface area contributed by atoms with E-state index in [1.165, 1.54) is 12.1 Å². The molecule has 0 aliphatic carbocycles.